The molecule has 3 aromatic rings. The summed E-state index contributed by atoms with van der Waals surface area (Å²) in [6, 6.07) is 22.5. The third kappa shape index (κ3) is 6.99. The summed E-state index contributed by atoms with van der Waals surface area (Å²) in [6.45, 7) is 1.12. The maximum atomic E-state index is 12.7. The van der Waals surface area contributed by atoms with Crippen LogP contribution in [0.25, 0.3) is 0 Å². The van der Waals surface area contributed by atoms with E-state index in [1.807, 2.05) is 72.8 Å². The van der Waals surface area contributed by atoms with Gasteiger partial charge >= 0.3 is 6.09 Å². The maximum absolute atomic E-state index is 12.7. The molecule has 1 unspecified atom stereocenters. The molecule has 4 atom stereocenters. The van der Waals surface area contributed by atoms with Crippen molar-refractivity contribution in [3.8, 4) is 11.5 Å². The molecular formula is C34H40N2O8. The number of amides is 2. The number of fused-ring (bicyclic) bond motifs is 1. The first kappa shape index (κ1) is 31.3. The van der Waals surface area contributed by atoms with Gasteiger partial charge in [0.25, 0.3) is 5.91 Å². The second kappa shape index (κ2) is 14.6. The lowest BCUT2D eigenvalue weighted by Crippen LogP contribution is -2.58. The highest BCUT2D eigenvalue weighted by Crippen LogP contribution is 2.41. The number of ether oxygens (including phenoxy) is 4. The van der Waals surface area contributed by atoms with Crippen molar-refractivity contribution in [3.63, 3.8) is 0 Å². The van der Waals surface area contributed by atoms with Crippen molar-refractivity contribution >= 4 is 17.7 Å². The Labute approximate surface area is 257 Å². The molecule has 2 aliphatic rings. The summed E-state index contributed by atoms with van der Waals surface area (Å²) >= 11 is 0. The Morgan fingerprint density at radius 1 is 1.02 bits per heavy atom. The van der Waals surface area contributed by atoms with Crippen molar-refractivity contribution in [1.29, 1.82) is 0 Å². The number of hydrogen-bond acceptors (Lipinski definition) is 7. The van der Waals surface area contributed by atoms with Crippen LogP contribution in [0.5, 0.6) is 11.5 Å². The fourth-order valence-corrected chi connectivity index (χ4v) is 6.36. The molecule has 0 aliphatic carbocycles. The predicted molar refractivity (Wildman–Crippen MR) is 164 cm³/mol. The largest absolute Gasteiger partial charge is 0.497 e. The van der Waals surface area contributed by atoms with E-state index in [1.165, 1.54) is 4.90 Å². The van der Waals surface area contributed by atoms with E-state index in [-0.39, 0.29) is 38.2 Å². The van der Waals surface area contributed by atoms with Crippen molar-refractivity contribution in [3.05, 3.63) is 89.5 Å². The average Bonchev–Trinajstić information content (AvgIpc) is 3.05. The second-order valence-electron chi connectivity index (χ2n) is 11.2. The number of aliphatic hydroxyl groups is 1. The van der Waals surface area contributed by atoms with Gasteiger partial charge in [-0.2, -0.15) is 0 Å². The van der Waals surface area contributed by atoms with E-state index in [2.05, 4.69) is 0 Å². The standard InChI is InChI=1S/C34H40N2O8/c1-41-16-6-15-35-29-18-24(9-14-30(29)44-22-32(35)38)21-43-31-19-36(34(39)40)28(17-23-7-4-3-5-8-23)27(20-37)33(31)25-10-12-26(42-2)13-11-25/h3-5,7-14,18,27-28,31,33,37H,6,15-17,19-22H2,1-2H3,(H,39,40)/t27-,28?,31+,33+/m1/s1. The molecule has 3 aromatic carbocycles. The van der Waals surface area contributed by atoms with E-state index in [1.54, 1.807) is 19.1 Å². The minimum Gasteiger partial charge on any atom is -0.497 e. The lowest BCUT2D eigenvalue weighted by Gasteiger charge is -2.48. The number of benzene rings is 3. The molecule has 0 bridgehead atoms. The first-order valence-corrected chi connectivity index (χ1v) is 14.9. The Hall–Kier alpha value is -4.12. The van der Waals surface area contributed by atoms with Crippen molar-refractivity contribution in [2.75, 3.05) is 52.0 Å². The molecule has 5 rings (SSSR count). The number of methoxy groups -OCH3 is 2. The first-order chi connectivity index (χ1) is 21.4. The van der Waals surface area contributed by atoms with Crippen molar-refractivity contribution in [1.82, 2.24) is 4.90 Å². The molecule has 2 N–H and O–H groups in total. The van der Waals surface area contributed by atoms with Crippen LogP contribution in [0.2, 0.25) is 0 Å². The molecule has 0 aromatic heterocycles. The van der Waals surface area contributed by atoms with Crippen LogP contribution in [0, 0.1) is 5.92 Å². The highest BCUT2D eigenvalue weighted by molar-refractivity contribution is 5.97. The molecule has 1 saturated heterocycles. The van der Waals surface area contributed by atoms with E-state index in [4.69, 9.17) is 18.9 Å². The topological polar surface area (TPSA) is 118 Å². The normalized spacial score (nSPS) is 21.5. The number of aliphatic hydroxyl groups excluding tert-OH is 1. The van der Waals surface area contributed by atoms with E-state index >= 15 is 0 Å². The number of nitrogens with zero attached hydrogens (tertiary/aromatic N) is 2. The summed E-state index contributed by atoms with van der Waals surface area (Å²) < 4.78 is 22.8. The van der Waals surface area contributed by atoms with Gasteiger partial charge < -0.3 is 39.0 Å². The first-order valence-electron chi connectivity index (χ1n) is 14.9. The molecule has 2 aliphatic heterocycles. The summed E-state index contributed by atoms with van der Waals surface area (Å²) in [7, 11) is 3.24. The minimum absolute atomic E-state index is 0.0147. The lowest BCUT2D eigenvalue weighted by atomic mass is 9.73. The van der Waals surface area contributed by atoms with Crippen molar-refractivity contribution in [2.24, 2.45) is 5.92 Å². The van der Waals surface area contributed by atoms with Gasteiger partial charge in [-0.3, -0.25) is 4.79 Å². The summed E-state index contributed by atoms with van der Waals surface area (Å²) in [5.74, 6) is 0.496. The summed E-state index contributed by atoms with van der Waals surface area (Å²) in [5.41, 5.74) is 3.43. The van der Waals surface area contributed by atoms with Gasteiger partial charge in [0.2, 0.25) is 0 Å². The molecule has 2 amide bonds. The van der Waals surface area contributed by atoms with Crippen molar-refractivity contribution < 1.29 is 38.7 Å². The van der Waals surface area contributed by atoms with Crippen LogP contribution in [0.15, 0.2) is 72.8 Å². The minimum atomic E-state index is -1.05. The Bertz CT molecular complexity index is 1400. The van der Waals surface area contributed by atoms with Gasteiger partial charge in [0.05, 0.1) is 32.1 Å². The number of piperidine rings is 1. The Morgan fingerprint density at radius 3 is 2.48 bits per heavy atom. The molecule has 10 nitrogen and oxygen atoms in total. The lowest BCUT2D eigenvalue weighted by molar-refractivity contribution is -0.121. The number of carbonyl (C=O) groups is 2. The number of carbonyl (C=O) groups excluding carboxylic acids is 1. The van der Waals surface area contributed by atoms with E-state index in [9.17, 15) is 19.8 Å². The SMILES string of the molecule is COCCCN1C(=O)COc2ccc(CO[C@H]3CN(C(=O)O)C(Cc4ccccc4)[C@@H](CO)[C@@H]3c3ccc(OC)cc3)cc21. The van der Waals surface area contributed by atoms with Gasteiger partial charge in [-0.25, -0.2) is 4.79 Å². The van der Waals surface area contributed by atoms with Crippen LogP contribution in [0.1, 0.15) is 29.0 Å². The Kier molecular flexibility index (Phi) is 10.4. The highest BCUT2D eigenvalue weighted by atomic mass is 16.5. The zero-order valence-electron chi connectivity index (χ0n) is 25.1. The molecule has 0 spiro atoms. The summed E-state index contributed by atoms with van der Waals surface area (Å²) in [4.78, 5) is 28.4. The molecule has 10 heteroatoms. The van der Waals surface area contributed by atoms with Gasteiger partial charge in [0, 0.05) is 44.7 Å². The molecule has 1 fully saturated rings. The Balaban J connectivity index is 1.43. The van der Waals surface area contributed by atoms with E-state index < -0.39 is 24.2 Å². The zero-order valence-corrected chi connectivity index (χ0v) is 25.1. The molecule has 0 saturated carbocycles. The van der Waals surface area contributed by atoms with Crippen LogP contribution in [-0.4, -0.2) is 86.4 Å². The van der Waals surface area contributed by atoms with Gasteiger partial charge in [-0.15, -0.1) is 0 Å². The van der Waals surface area contributed by atoms with Crippen LogP contribution in [0.4, 0.5) is 10.5 Å². The Morgan fingerprint density at radius 2 is 1.80 bits per heavy atom. The number of likely N-dealkylation sites (tertiary alicyclic amines) is 1. The molecular weight excluding hydrogens is 564 g/mol. The smallest absolute Gasteiger partial charge is 0.407 e. The molecule has 2 heterocycles. The van der Waals surface area contributed by atoms with Gasteiger partial charge in [0.1, 0.15) is 11.5 Å². The van der Waals surface area contributed by atoms with Crippen LogP contribution in [0.3, 0.4) is 0 Å². The second-order valence-corrected chi connectivity index (χ2v) is 11.2. The van der Waals surface area contributed by atoms with E-state index in [0.29, 0.717) is 43.2 Å². The number of anilines is 1. The highest BCUT2D eigenvalue weighted by Gasteiger charge is 2.46. The van der Waals surface area contributed by atoms with Gasteiger partial charge in [0.15, 0.2) is 6.61 Å². The molecule has 44 heavy (non-hydrogen) atoms. The molecule has 234 valence electrons. The van der Waals surface area contributed by atoms with Gasteiger partial charge in [-0.1, -0.05) is 48.5 Å². The zero-order chi connectivity index (χ0) is 31.1. The monoisotopic (exact) mass is 604 g/mol. The fourth-order valence-electron chi connectivity index (χ4n) is 6.36. The summed E-state index contributed by atoms with van der Waals surface area (Å²) in [6.07, 6.45) is -0.445. The fraction of sp³-hybridized carbons (Fsp3) is 0.412. The quantitative estimate of drug-likeness (QED) is 0.293. The van der Waals surface area contributed by atoms with Crippen LogP contribution in [-0.2, 0) is 27.3 Å². The molecule has 0 radical (unpaired) electrons. The number of rotatable bonds is 12. The number of carboxylic acid groups (broad SMARTS) is 1. The predicted octanol–water partition coefficient (Wildman–Crippen LogP) is 4.34. The maximum Gasteiger partial charge on any atom is 0.407 e. The van der Waals surface area contributed by atoms with Crippen molar-refractivity contribution in [2.45, 2.75) is 37.5 Å². The summed E-state index contributed by atoms with van der Waals surface area (Å²) in [5, 5.41) is 21.1. The van der Waals surface area contributed by atoms with Gasteiger partial charge in [-0.05, 0) is 53.8 Å². The van der Waals surface area contributed by atoms with Crippen LogP contribution >= 0.6 is 0 Å². The average molecular weight is 605 g/mol. The van der Waals surface area contributed by atoms with Crippen LogP contribution < -0.4 is 14.4 Å². The third-order valence-corrected chi connectivity index (χ3v) is 8.54. The third-order valence-electron chi connectivity index (χ3n) is 8.54. The van der Waals surface area contributed by atoms with E-state index in [0.717, 1.165) is 16.7 Å². The number of hydrogen-bond donors (Lipinski definition) is 2.